The fraction of sp³-hybridized carbons (Fsp3) is 0.727. The Bertz CT molecular complexity index is 137. The van der Waals surface area contributed by atoms with E-state index in [1.165, 1.54) is 0 Å². The smallest absolute Gasteiger partial charge is 0.305 e. The van der Waals surface area contributed by atoms with Gasteiger partial charge < -0.3 is 4.74 Å². The van der Waals surface area contributed by atoms with Crippen LogP contribution < -0.4 is 0 Å². The van der Waals surface area contributed by atoms with Gasteiger partial charge in [-0.1, -0.05) is 26.0 Å². The van der Waals surface area contributed by atoms with Crippen LogP contribution in [0.1, 0.15) is 47.5 Å². The molecule has 0 rings (SSSR count). The van der Waals surface area contributed by atoms with E-state index in [-0.39, 0.29) is 12.1 Å². The van der Waals surface area contributed by atoms with Crippen LogP contribution in [0.2, 0.25) is 0 Å². The van der Waals surface area contributed by atoms with E-state index in [1.807, 2.05) is 20.8 Å². The van der Waals surface area contributed by atoms with Crippen molar-refractivity contribution >= 4 is 5.97 Å². The number of carbonyl (C=O) groups excluding carboxylic acids is 1. The first-order chi connectivity index (χ1) is 6.08. The van der Waals surface area contributed by atoms with Gasteiger partial charge in [-0.15, -0.1) is 0 Å². The molecule has 0 aliphatic carbocycles. The molecule has 0 aromatic heterocycles. The molecule has 0 aromatic rings. The maximum absolute atomic E-state index is 10.4. The molecule has 2 nitrogen and oxygen atoms in total. The summed E-state index contributed by atoms with van der Waals surface area (Å²) in [5, 5.41) is 0. The minimum Gasteiger partial charge on any atom is -0.463 e. The van der Waals surface area contributed by atoms with Gasteiger partial charge in [0, 0.05) is 6.42 Å². The van der Waals surface area contributed by atoms with Crippen LogP contribution in [-0.2, 0) is 9.53 Å². The fourth-order valence-electron chi connectivity index (χ4n) is 0.582. The summed E-state index contributed by atoms with van der Waals surface area (Å²) in [7, 11) is 0. The van der Waals surface area contributed by atoms with Gasteiger partial charge in [0.15, 0.2) is 0 Å². The van der Waals surface area contributed by atoms with Crippen LogP contribution in [0.15, 0.2) is 12.2 Å². The van der Waals surface area contributed by atoms with Gasteiger partial charge in [-0.2, -0.15) is 0 Å². The number of hydrogen-bond donors (Lipinski definition) is 0. The fourth-order valence-corrected chi connectivity index (χ4v) is 0.582. The predicted molar refractivity (Wildman–Crippen MR) is 56.6 cm³/mol. The van der Waals surface area contributed by atoms with Gasteiger partial charge >= 0.3 is 5.97 Å². The summed E-state index contributed by atoms with van der Waals surface area (Å²) in [5.41, 5.74) is 0. The normalized spacial score (nSPS) is 9.69. The standard InChI is InChI=1S/C6H12O2.C5H10/c1-4-6(7)8-5(2)3;1-3-5-4-2/h5H,4H2,1-3H3;3,5H,4H2,1-2H3. The lowest BCUT2D eigenvalue weighted by molar-refractivity contribution is -0.146. The Morgan fingerprint density at radius 1 is 1.38 bits per heavy atom. The maximum Gasteiger partial charge on any atom is 0.305 e. The van der Waals surface area contributed by atoms with E-state index in [1.54, 1.807) is 6.92 Å². The van der Waals surface area contributed by atoms with E-state index in [2.05, 4.69) is 19.1 Å². The summed E-state index contributed by atoms with van der Waals surface area (Å²) in [6, 6.07) is 0. The van der Waals surface area contributed by atoms with Gasteiger partial charge in [0.2, 0.25) is 0 Å². The van der Waals surface area contributed by atoms with Gasteiger partial charge in [0.1, 0.15) is 0 Å². The first-order valence-corrected chi connectivity index (χ1v) is 4.89. The van der Waals surface area contributed by atoms with Gasteiger partial charge in [-0.05, 0) is 27.2 Å². The van der Waals surface area contributed by atoms with Crippen molar-refractivity contribution < 1.29 is 9.53 Å². The molecule has 78 valence electrons. The van der Waals surface area contributed by atoms with E-state index < -0.39 is 0 Å². The molecule has 0 saturated heterocycles. The van der Waals surface area contributed by atoms with Gasteiger partial charge in [0.05, 0.1) is 6.10 Å². The second-order valence-corrected chi connectivity index (χ2v) is 2.87. The molecule has 0 aliphatic rings. The Labute approximate surface area is 82.0 Å². The minimum atomic E-state index is -0.125. The molecule has 0 bridgehead atoms. The van der Waals surface area contributed by atoms with E-state index in [0.717, 1.165) is 6.42 Å². The lowest BCUT2D eigenvalue weighted by Crippen LogP contribution is -2.09. The second-order valence-electron chi connectivity index (χ2n) is 2.87. The Morgan fingerprint density at radius 2 is 1.92 bits per heavy atom. The number of carbonyl (C=O) groups is 1. The van der Waals surface area contributed by atoms with Crippen molar-refractivity contribution in [1.29, 1.82) is 0 Å². The SMILES string of the molecule is CC=CCC.CCC(=O)OC(C)C. The largest absolute Gasteiger partial charge is 0.463 e. The topological polar surface area (TPSA) is 26.3 Å². The third kappa shape index (κ3) is 18.3. The van der Waals surface area contributed by atoms with Gasteiger partial charge in [-0.3, -0.25) is 4.79 Å². The van der Waals surface area contributed by atoms with Crippen molar-refractivity contribution in [1.82, 2.24) is 0 Å². The summed E-state index contributed by atoms with van der Waals surface area (Å²) in [6.45, 7) is 9.62. The molecule has 0 saturated carbocycles. The average molecular weight is 186 g/mol. The van der Waals surface area contributed by atoms with Crippen molar-refractivity contribution in [3.8, 4) is 0 Å². The van der Waals surface area contributed by atoms with E-state index in [4.69, 9.17) is 4.74 Å². The number of ether oxygens (including phenoxy) is 1. The molecular formula is C11H22O2. The summed E-state index contributed by atoms with van der Waals surface area (Å²) >= 11 is 0. The Kier molecular flexibility index (Phi) is 12.7. The first kappa shape index (κ1) is 14.7. The number of rotatable bonds is 3. The third-order valence-corrected chi connectivity index (χ3v) is 1.13. The van der Waals surface area contributed by atoms with Crippen LogP contribution in [0.4, 0.5) is 0 Å². The van der Waals surface area contributed by atoms with Gasteiger partial charge in [-0.25, -0.2) is 0 Å². The highest BCUT2D eigenvalue weighted by Crippen LogP contribution is 1.90. The van der Waals surface area contributed by atoms with Crippen molar-refractivity contribution in [2.24, 2.45) is 0 Å². The zero-order valence-electron chi connectivity index (χ0n) is 9.46. The molecule has 0 atom stereocenters. The highest BCUT2D eigenvalue weighted by atomic mass is 16.5. The predicted octanol–water partition coefficient (Wildman–Crippen LogP) is 3.32. The van der Waals surface area contributed by atoms with Gasteiger partial charge in [0.25, 0.3) is 0 Å². The average Bonchev–Trinajstić information content (AvgIpc) is 2.06. The monoisotopic (exact) mass is 186 g/mol. The molecule has 13 heavy (non-hydrogen) atoms. The van der Waals surface area contributed by atoms with E-state index in [0.29, 0.717) is 6.42 Å². The number of esters is 1. The molecule has 0 N–H and O–H groups in total. The molecule has 0 aliphatic heterocycles. The molecule has 0 radical (unpaired) electrons. The summed E-state index contributed by atoms with van der Waals surface area (Å²) in [4.78, 5) is 10.4. The highest BCUT2D eigenvalue weighted by molar-refractivity contribution is 5.68. The molecule has 0 amide bonds. The van der Waals surface area contributed by atoms with E-state index >= 15 is 0 Å². The van der Waals surface area contributed by atoms with Crippen LogP contribution >= 0.6 is 0 Å². The highest BCUT2D eigenvalue weighted by Gasteiger charge is 1.98. The van der Waals surface area contributed by atoms with Crippen molar-refractivity contribution in [3.05, 3.63) is 12.2 Å². The minimum absolute atomic E-state index is 0.0300. The lowest BCUT2D eigenvalue weighted by atomic mass is 10.4. The molecule has 0 unspecified atom stereocenters. The molecule has 0 spiro atoms. The van der Waals surface area contributed by atoms with Crippen molar-refractivity contribution in [2.45, 2.75) is 53.6 Å². The molecule has 0 heterocycles. The quantitative estimate of drug-likeness (QED) is 0.499. The molecular weight excluding hydrogens is 164 g/mol. The second kappa shape index (κ2) is 11.2. The molecule has 0 aromatic carbocycles. The molecule has 2 heteroatoms. The molecule has 0 fully saturated rings. The third-order valence-electron chi connectivity index (χ3n) is 1.13. The van der Waals surface area contributed by atoms with Crippen LogP contribution in [-0.4, -0.2) is 12.1 Å². The van der Waals surface area contributed by atoms with E-state index in [9.17, 15) is 4.79 Å². The summed E-state index contributed by atoms with van der Waals surface area (Å²) in [6.07, 6.45) is 5.84. The van der Waals surface area contributed by atoms with Crippen LogP contribution in [0.5, 0.6) is 0 Å². The number of hydrogen-bond acceptors (Lipinski definition) is 2. The first-order valence-electron chi connectivity index (χ1n) is 4.89. The number of allylic oxidation sites excluding steroid dienone is 2. The summed E-state index contributed by atoms with van der Waals surface area (Å²) < 4.78 is 4.76. The van der Waals surface area contributed by atoms with Crippen LogP contribution in [0.25, 0.3) is 0 Å². The zero-order valence-corrected chi connectivity index (χ0v) is 9.46. The zero-order chi connectivity index (χ0) is 10.7. The van der Waals surface area contributed by atoms with Crippen molar-refractivity contribution in [3.63, 3.8) is 0 Å². The summed E-state index contributed by atoms with van der Waals surface area (Å²) in [5.74, 6) is -0.125. The van der Waals surface area contributed by atoms with Crippen LogP contribution in [0, 0.1) is 0 Å². The lowest BCUT2D eigenvalue weighted by Gasteiger charge is -2.04. The van der Waals surface area contributed by atoms with Crippen LogP contribution in [0.3, 0.4) is 0 Å². The Balaban J connectivity index is 0. The Hall–Kier alpha value is -0.790. The Morgan fingerprint density at radius 3 is 2.00 bits per heavy atom. The van der Waals surface area contributed by atoms with Crippen molar-refractivity contribution in [2.75, 3.05) is 0 Å². The maximum atomic E-state index is 10.4.